The molecule has 0 bridgehead atoms. The molecule has 0 atom stereocenters. The topological polar surface area (TPSA) is 69.0 Å². The van der Waals surface area contributed by atoms with Crippen molar-refractivity contribution in [2.75, 3.05) is 17.7 Å². The summed E-state index contributed by atoms with van der Waals surface area (Å²) in [6, 6.07) is 25.6. The van der Waals surface area contributed by atoms with Crippen molar-refractivity contribution in [2.45, 2.75) is 25.4 Å². The van der Waals surface area contributed by atoms with E-state index in [9.17, 15) is 4.79 Å². The van der Waals surface area contributed by atoms with E-state index < -0.39 is 0 Å². The number of amides is 1. The first-order chi connectivity index (χ1) is 16.2. The third-order valence-electron chi connectivity index (χ3n) is 5.08. The number of ether oxygens (including phenoxy) is 1. The number of para-hydroxylation sites is 1. The molecule has 0 aliphatic heterocycles. The Hall–Kier alpha value is -3.58. The Labute approximate surface area is 198 Å². The normalized spacial score (nSPS) is 10.7. The molecule has 0 spiro atoms. The van der Waals surface area contributed by atoms with E-state index in [1.165, 1.54) is 11.8 Å². The Morgan fingerprint density at radius 3 is 2.39 bits per heavy atom. The van der Waals surface area contributed by atoms with Crippen LogP contribution in [0, 0.1) is 0 Å². The van der Waals surface area contributed by atoms with E-state index in [0.29, 0.717) is 11.8 Å². The number of benzene rings is 3. The molecule has 7 heteroatoms. The van der Waals surface area contributed by atoms with Crippen LogP contribution in [0.5, 0.6) is 5.75 Å². The quantitative estimate of drug-likeness (QED) is 0.329. The molecule has 6 nitrogen and oxygen atoms in total. The Morgan fingerprint density at radius 1 is 0.939 bits per heavy atom. The van der Waals surface area contributed by atoms with Crippen LogP contribution in [0.25, 0.3) is 17.1 Å². The second kappa shape index (κ2) is 10.8. The van der Waals surface area contributed by atoms with Crippen LogP contribution >= 0.6 is 11.8 Å². The van der Waals surface area contributed by atoms with Crippen LogP contribution in [0.3, 0.4) is 0 Å². The fraction of sp³-hybridized carbons (Fsp3) is 0.192. The van der Waals surface area contributed by atoms with Gasteiger partial charge in [0, 0.05) is 16.9 Å². The molecule has 4 aromatic rings. The summed E-state index contributed by atoms with van der Waals surface area (Å²) >= 11 is 1.36. The van der Waals surface area contributed by atoms with Crippen molar-refractivity contribution in [3.05, 3.63) is 84.4 Å². The summed E-state index contributed by atoms with van der Waals surface area (Å²) in [5, 5.41) is 12.5. The summed E-state index contributed by atoms with van der Waals surface area (Å²) in [4.78, 5) is 12.7. The number of nitrogens with one attached hydrogen (secondary N) is 1. The zero-order valence-electron chi connectivity index (χ0n) is 18.7. The van der Waals surface area contributed by atoms with Gasteiger partial charge in [0.05, 0.1) is 12.4 Å². The Morgan fingerprint density at radius 2 is 1.67 bits per heavy atom. The molecular formula is C26H26N4O2S. The van der Waals surface area contributed by atoms with E-state index in [4.69, 9.17) is 4.74 Å². The van der Waals surface area contributed by atoms with Gasteiger partial charge in [-0.25, -0.2) is 0 Å². The minimum absolute atomic E-state index is 0.0802. The number of thioether (sulfide) groups is 1. The van der Waals surface area contributed by atoms with E-state index in [0.717, 1.165) is 40.5 Å². The molecule has 0 aliphatic carbocycles. The molecule has 168 valence electrons. The molecular weight excluding hydrogens is 432 g/mol. The first-order valence-electron chi connectivity index (χ1n) is 10.9. The molecule has 3 aromatic carbocycles. The Kier molecular flexibility index (Phi) is 7.42. The zero-order valence-corrected chi connectivity index (χ0v) is 19.5. The predicted octanol–water partition coefficient (Wildman–Crippen LogP) is 5.63. The SMILES string of the molecule is CCOc1ccc(-n2c(SCC(=O)Nc3ccccc3CC)nnc2-c2ccccc2)cc1. The molecule has 4 rings (SSSR count). The number of rotatable bonds is 9. The zero-order chi connectivity index (χ0) is 23.0. The van der Waals surface area contributed by atoms with Crippen molar-refractivity contribution in [1.29, 1.82) is 0 Å². The lowest BCUT2D eigenvalue weighted by Gasteiger charge is -2.12. The molecule has 1 heterocycles. The lowest BCUT2D eigenvalue weighted by atomic mass is 10.1. The van der Waals surface area contributed by atoms with Gasteiger partial charge < -0.3 is 10.1 Å². The number of hydrogen-bond acceptors (Lipinski definition) is 5. The monoisotopic (exact) mass is 458 g/mol. The molecule has 0 unspecified atom stereocenters. The van der Waals surface area contributed by atoms with Crippen LogP contribution in [0.15, 0.2) is 84.0 Å². The van der Waals surface area contributed by atoms with Crippen molar-refractivity contribution in [3.8, 4) is 22.8 Å². The first-order valence-corrected chi connectivity index (χ1v) is 11.9. The number of aryl methyl sites for hydroxylation is 1. The minimum atomic E-state index is -0.0802. The highest BCUT2D eigenvalue weighted by Gasteiger charge is 2.17. The van der Waals surface area contributed by atoms with Gasteiger partial charge in [0.2, 0.25) is 5.91 Å². The van der Waals surface area contributed by atoms with Gasteiger partial charge in [-0.15, -0.1) is 10.2 Å². The number of carbonyl (C=O) groups is 1. The van der Waals surface area contributed by atoms with Gasteiger partial charge in [0.25, 0.3) is 0 Å². The van der Waals surface area contributed by atoms with Crippen molar-refractivity contribution >= 4 is 23.4 Å². The second-order valence-electron chi connectivity index (χ2n) is 7.28. The number of hydrogen-bond donors (Lipinski definition) is 1. The maximum atomic E-state index is 12.7. The smallest absolute Gasteiger partial charge is 0.234 e. The van der Waals surface area contributed by atoms with Crippen molar-refractivity contribution in [1.82, 2.24) is 14.8 Å². The molecule has 0 radical (unpaired) electrons. The molecule has 1 N–H and O–H groups in total. The fourth-order valence-electron chi connectivity index (χ4n) is 3.50. The summed E-state index contributed by atoms with van der Waals surface area (Å²) in [6.07, 6.45) is 0.857. The van der Waals surface area contributed by atoms with Gasteiger partial charge in [-0.1, -0.05) is 67.2 Å². The molecule has 1 amide bonds. The van der Waals surface area contributed by atoms with Gasteiger partial charge >= 0.3 is 0 Å². The molecule has 0 saturated heterocycles. The largest absolute Gasteiger partial charge is 0.494 e. The number of nitrogens with zero attached hydrogens (tertiary/aromatic N) is 3. The van der Waals surface area contributed by atoms with Crippen LogP contribution in [-0.4, -0.2) is 33.0 Å². The Balaban J connectivity index is 1.59. The number of carbonyl (C=O) groups excluding carboxylic acids is 1. The first kappa shape index (κ1) is 22.6. The van der Waals surface area contributed by atoms with Crippen LogP contribution in [0.1, 0.15) is 19.4 Å². The van der Waals surface area contributed by atoms with Gasteiger partial charge in [0.15, 0.2) is 11.0 Å². The maximum Gasteiger partial charge on any atom is 0.234 e. The number of aromatic nitrogens is 3. The average molecular weight is 459 g/mol. The van der Waals surface area contributed by atoms with Crippen molar-refractivity contribution in [3.63, 3.8) is 0 Å². The van der Waals surface area contributed by atoms with Crippen LogP contribution in [0.4, 0.5) is 5.69 Å². The second-order valence-corrected chi connectivity index (χ2v) is 8.22. The van der Waals surface area contributed by atoms with Gasteiger partial charge in [-0.3, -0.25) is 9.36 Å². The van der Waals surface area contributed by atoms with E-state index in [2.05, 4.69) is 22.4 Å². The summed E-state index contributed by atoms with van der Waals surface area (Å²) in [5.74, 6) is 1.67. The van der Waals surface area contributed by atoms with Crippen molar-refractivity contribution in [2.24, 2.45) is 0 Å². The standard InChI is InChI=1S/C26H26N4O2S/c1-3-19-10-8-9-13-23(19)27-24(31)18-33-26-29-28-25(20-11-6-5-7-12-20)30(26)21-14-16-22(17-15-21)32-4-2/h5-17H,3-4,18H2,1-2H3,(H,27,31). The lowest BCUT2D eigenvalue weighted by Crippen LogP contribution is -2.15. The van der Waals surface area contributed by atoms with E-state index >= 15 is 0 Å². The highest BCUT2D eigenvalue weighted by atomic mass is 32.2. The van der Waals surface area contributed by atoms with Gasteiger partial charge in [0.1, 0.15) is 5.75 Å². The molecule has 0 fully saturated rings. The van der Waals surface area contributed by atoms with Crippen LogP contribution < -0.4 is 10.1 Å². The maximum absolute atomic E-state index is 12.7. The summed E-state index contributed by atoms with van der Waals surface area (Å²) < 4.78 is 7.55. The third-order valence-corrected chi connectivity index (χ3v) is 6.00. The predicted molar refractivity (Wildman–Crippen MR) is 133 cm³/mol. The Bertz CT molecular complexity index is 1210. The third kappa shape index (κ3) is 5.43. The van der Waals surface area contributed by atoms with Gasteiger partial charge in [-0.2, -0.15) is 0 Å². The number of anilines is 1. The van der Waals surface area contributed by atoms with E-state index in [1.54, 1.807) is 0 Å². The van der Waals surface area contributed by atoms with E-state index in [1.807, 2.05) is 90.4 Å². The molecule has 0 saturated carbocycles. The van der Waals surface area contributed by atoms with Crippen LogP contribution in [-0.2, 0) is 11.2 Å². The van der Waals surface area contributed by atoms with Crippen LogP contribution in [0.2, 0.25) is 0 Å². The highest BCUT2D eigenvalue weighted by Crippen LogP contribution is 2.29. The lowest BCUT2D eigenvalue weighted by molar-refractivity contribution is -0.113. The molecule has 1 aromatic heterocycles. The summed E-state index contributed by atoms with van der Waals surface area (Å²) in [6.45, 7) is 4.64. The minimum Gasteiger partial charge on any atom is -0.494 e. The summed E-state index contributed by atoms with van der Waals surface area (Å²) in [7, 11) is 0. The molecule has 0 aliphatic rings. The average Bonchev–Trinajstić information content (AvgIpc) is 3.28. The van der Waals surface area contributed by atoms with Crippen molar-refractivity contribution < 1.29 is 9.53 Å². The molecule has 33 heavy (non-hydrogen) atoms. The van der Waals surface area contributed by atoms with E-state index in [-0.39, 0.29) is 11.7 Å². The van der Waals surface area contributed by atoms with Gasteiger partial charge in [-0.05, 0) is 49.2 Å². The fourth-order valence-corrected chi connectivity index (χ4v) is 4.25. The summed E-state index contributed by atoms with van der Waals surface area (Å²) in [5.41, 5.74) is 3.82. The highest BCUT2D eigenvalue weighted by molar-refractivity contribution is 7.99.